The molecule has 1 N–H and O–H groups in total. The van der Waals surface area contributed by atoms with Gasteiger partial charge in [0, 0.05) is 30.9 Å². The molecular weight excluding hydrogens is 206 g/mol. The van der Waals surface area contributed by atoms with E-state index in [0.717, 1.165) is 22.6 Å². The zero-order chi connectivity index (χ0) is 12.1. The summed E-state index contributed by atoms with van der Waals surface area (Å²) in [6, 6.07) is 0. The molecule has 0 aliphatic heterocycles. The van der Waals surface area contributed by atoms with Gasteiger partial charge in [-0.25, -0.2) is 0 Å². The van der Waals surface area contributed by atoms with E-state index in [-0.39, 0.29) is 0 Å². The Kier molecular flexibility index (Phi) is 4.71. The smallest absolute Gasteiger partial charge is 0.143 e. The van der Waals surface area contributed by atoms with Crippen LogP contribution in [-0.4, -0.2) is 30.4 Å². The van der Waals surface area contributed by atoms with Crippen molar-refractivity contribution in [3.63, 3.8) is 0 Å². The second kappa shape index (κ2) is 5.82. The fourth-order valence-electron chi connectivity index (χ4n) is 1.75. The van der Waals surface area contributed by atoms with Gasteiger partial charge in [-0.2, -0.15) is 0 Å². The molecule has 0 aliphatic rings. The van der Waals surface area contributed by atoms with Gasteiger partial charge in [0.15, 0.2) is 0 Å². The van der Waals surface area contributed by atoms with Crippen LogP contribution in [0.2, 0.25) is 0 Å². The van der Waals surface area contributed by atoms with Gasteiger partial charge in [0.05, 0.1) is 25.5 Å². The summed E-state index contributed by atoms with van der Waals surface area (Å²) >= 11 is 0. The monoisotopic (exact) mass is 225 g/mol. The Morgan fingerprint density at radius 1 is 1.44 bits per heavy atom. The Hall–Kier alpha value is -1.13. The van der Waals surface area contributed by atoms with Crippen molar-refractivity contribution in [3.8, 4) is 5.75 Å². The third kappa shape index (κ3) is 2.93. The highest BCUT2D eigenvalue weighted by Crippen LogP contribution is 2.26. The molecule has 0 unspecified atom stereocenters. The second-order valence-corrected chi connectivity index (χ2v) is 3.87. The molecule has 1 atom stereocenters. The van der Waals surface area contributed by atoms with E-state index in [1.54, 1.807) is 27.3 Å². The molecule has 90 valence electrons. The van der Waals surface area contributed by atoms with Crippen molar-refractivity contribution in [1.82, 2.24) is 4.98 Å². The van der Waals surface area contributed by atoms with Crippen LogP contribution in [0.4, 0.5) is 0 Å². The number of aromatic nitrogens is 1. The molecule has 1 heterocycles. The van der Waals surface area contributed by atoms with Crippen LogP contribution < -0.4 is 4.74 Å². The van der Waals surface area contributed by atoms with E-state index in [9.17, 15) is 5.11 Å². The van der Waals surface area contributed by atoms with Crippen molar-refractivity contribution in [2.45, 2.75) is 33.0 Å². The second-order valence-electron chi connectivity index (χ2n) is 3.87. The Morgan fingerprint density at radius 3 is 2.62 bits per heavy atom. The summed E-state index contributed by atoms with van der Waals surface area (Å²) in [5.74, 6) is 0.746. The Bertz CT molecular complexity index is 350. The number of hydrogen-bond acceptors (Lipinski definition) is 4. The minimum atomic E-state index is -0.411. The Balaban J connectivity index is 3.17. The minimum absolute atomic E-state index is 0.411. The molecule has 0 saturated heterocycles. The summed E-state index contributed by atoms with van der Waals surface area (Å²) in [5.41, 5.74) is 2.77. The molecule has 1 rings (SSSR count). The lowest BCUT2D eigenvalue weighted by atomic mass is 10.0. The van der Waals surface area contributed by atoms with Crippen LogP contribution in [0, 0.1) is 6.92 Å². The summed E-state index contributed by atoms with van der Waals surface area (Å²) in [7, 11) is 3.25. The van der Waals surface area contributed by atoms with Crippen molar-refractivity contribution in [2.75, 3.05) is 14.2 Å². The molecule has 0 aromatic carbocycles. The molecule has 4 nitrogen and oxygen atoms in total. The summed E-state index contributed by atoms with van der Waals surface area (Å²) in [6.45, 7) is 4.12. The predicted octanol–water partition coefficient (Wildman–Crippen LogP) is 1.47. The minimum Gasteiger partial charge on any atom is -0.495 e. The van der Waals surface area contributed by atoms with Crippen LogP contribution in [0.15, 0.2) is 6.20 Å². The third-order valence-corrected chi connectivity index (χ3v) is 2.41. The van der Waals surface area contributed by atoms with Gasteiger partial charge in [0.25, 0.3) is 0 Å². The summed E-state index contributed by atoms with van der Waals surface area (Å²) < 4.78 is 10.4. The number of hydrogen-bond donors (Lipinski definition) is 1. The highest BCUT2D eigenvalue weighted by molar-refractivity contribution is 5.42. The largest absolute Gasteiger partial charge is 0.495 e. The van der Waals surface area contributed by atoms with Gasteiger partial charge in [-0.1, -0.05) is 0 Å². The molecule has 0 amide bonds. The highest BCUT2D eigenvalue weighted by Gasteiger charge is 2.14. The van der Waals surface area contributed by atoms with E-state index in [4.69, 9.17) is 9.47 Å². The Labute approximate surface area is 96.2 Å². The van der Waals surface area contributed by atoms with E-state index >= 15 is 0 Å². The van der Waals surface area contributed by atoms with Crippen LogP contribution in [0.1, 0.15) is 23.7 Å². The lowest BCUT2D eigenvalue weighted by Crippen LogP contribution is -2.11. The van der Waals surface area contributed by atoms with E-state index in [1.807, 2.05) is 6.92 Å². The average molecular weight is 225 g/mol. The summed E-state index contributed by atoms with van der Waals surface area (Å²) in [5, 5.41) is 9.49. The number of aliphatic hydroxyl groups is 1. The molecule has 0 radical (unpaired) electrons. The zero-order valence-electron chi connectivity index (χ0n) is 10.3. The molecule has 1 aromatic rings. The zero-order valence-corrected chi connectivity index (χ0v) is 10.3. The summed E-state index contributed by atoms with van der Waals surface area (Å²) in [6.07, 6.45) is 1.91. The quantitative estimate of drug-likeness (QED) is 0.824. The first-order valence-electron chi connectivity index (χ1n) is 5.28. The first kappa shape index (κ1) is 12.9. The van der Waals surface area contributed by atoms with Crippen molar-refractivity contribution in [2.24, 2.45) is 0 Å². The summed E-state index contributed by atoms with van der Waals surface area (Å²) in [4.78, 5) is 4.25. The van der Waals surface area contributed by atoms with Gasteiger partial charge >= 0.3 is 0 Å². The number of methoxy groups -OCH3 is 2. The third-order valence-electron chi connectivity index (χ3n) is 2.41. The van der Waals surface area contributed by atoms with Crippen LogP contribution >= 0.6 is 0 Å². The molecule has 0 aliphatic carbocycles. The molecule has 1 aromatic heterocycles. The number of pyridine rings is 1. The van der Waals surface area contributed by atoms with Crippen LogP contribution in [0.25, 0.3) is 0 Å². The van der Waals surface area contributed by atoms with Gasteiger partial charge in [0.1, 0.15) is 5.75 Å². The number of nitrogens with zero attached hydrogens (tertiary/aromatic N) is 1. The topological polar surface area (TPSA) is 51.6 Å². The molecule has 0 bridgehead atoms. The normalized spacial score (nSPS) is 12.6. The molecular formula is C12H19NO3. The predicted molar refractivity (Wildman–Crippen MR) is 61.6 cm³/mol. The highest BCUT2D eigenvalue weighted by atomic mass is 16.5. The lowest BCUT2D eigenvalue weighted by Gasteiger charge is -2.16. The number of rotatable bonds is 5. The molecule has 16 heavy (non-hydrogen) atoms. The van der Waals surface area contributed by atoms with E-state index < -0.39 is 6.10 Å². The number of ether oxygens (including phenoxy) is 2. The molecule has 0 saturated carbocycles. The van der Waals surface area contributed by atoms with E-state index in [1.165, 1.54) is 0 Å². The van der Waals surface area contributed by atoms with E-state index in [0.29, 0.717) is 13.0 Å². The fourth-order valence-corrected chi connectivity index (χ4v) is 1.75. The van der Waals surface area contributed by atoms with Crippen molar-refractivity contribution >= 4 is 0 Å². The SMILES string of the molecule is COCc1cnc(C)c(OC)c1C[C@H](C)O. The maximum absolute atomic E-state index is 9.49. The lowest BCUT2D eigenvalue weighted by molar-refractivity contribution is 0.177. The molecule has 4 heteroatoms. The fraction of sp³-hybridized carbons (Fsp3) is 0.583. The first-order chi connectivity index (χ1) is 7.60. The standard InChI is InChI=1S/C12H19NO3/c1-8(14)5-11-10(7-15-3)6-13-9(2)12(11)16-4/h6,8,14H,5,7H2,1-4H3/t8-/m0/s1. The van der Waals surface area contributed by atoms with Crippen molar-refractivity contribution in [3.05, 3.63) is 23.0 Å². The van der Waals surface area contributed by atoms with Crippen molar-refractivity contribution < 1.29 is 14.6 Å². The molecule has 0 spiro atoms. The van der Waals surface area contributed by atoms with Gasteiger partial charge in [0.2, 0.25) is 0 Å². The van der Waals surface area contributed by atoms with Gasteiger partial charge in [-0.15, -0.1) is 0 Å². The number of aryl methyl sites for hydroxylation is 1. The van der Waals surface area contributed by atoms with Crippen LogP contribution in [0.5, 0.6) is 5.75 Å². The van der Waals surface area contributed by atoms with Gasteiger partial charge < -0.3 is 14.6 Å². The number of aliphatic hydroxyl groups excluding tert-OH is 1. The van der Waals surface area contributed by atoms with Gasteiger partial charge in [-0.3, -0.25) is 4.98 Å². The average Bonchev–Trinajstić information content (AvgIpc) is 2.22. The van der Waals surface area contributed by atoms with Crippen molar-refractivity contribution in [1.29, 1.82) is 0 Å². The van der Waals surface area contributed by atoms with Gasteiger partial charge in [-0.05, 0) is 13.8 Å². The van der Waals surface area contributed by atoms with E-state index in [2.05, 4.69) is 4.98 Å². The Morgan fingerprint density at radius 2 is 2.12 bits per heavy atom. The molecule has 0 fully saturated rings. The first-order valence-corrected chi connectivity index (χ1v) is 5.28. The van der Waals surface area contributed by atoms with Crippen LogP contribution in [-0.2, 0) is 17.8 Å². The van der Waals surface area contributed by atoms with Crippen LogP contribution in [0.3, 0.4) is 0 Å². The maximum Gasteiger partial charge on any atom is 0.143 e. The maximum atomic E-state index is 9.49.